The Labute approximate surface area is 127 Å². The van der Waals surface area contributed by atoms with Crippen molar-refractivity contribution in [1.29, 1.82) is 0 Å². The van der Waals surface area contributed by atoms with Gasteiger partial charge in [-0.15, -0.1) is 0 Å². The molecule has 0 fully saturated rings. The number of methoxy groups -OCH3 is 1. The minimum atomic E-state index is -4.42. The summed E-state index contributed by atoms with van der Waals surface area (Å²) in [5.74, 6) is 0.592. The molecule has 1 aromatic carbocycles. The third-order valence-corrected chi connectivity index (χ3v) is 2.83. The summed E-state index contributed by atoms with van der Waals surface area (Å²) in [7, 11) is 1.36. The lowest BCUT2D eigenvalue weighted by Gasteiger charge is -2.15. The first-order chi connectivity index (χ1) is 9.73. The van der Waals surface area contributed by atoms with Crippen LogP contribution >= 0.6 is 11.6 Å². The minimum Gasteiger partial charge on any atom is -0.493 e. The second-order valence-corrected chi connectivity index (χ2v) is 5.44. The fourth-order valence-corrected chi connectivity index (χ4v) is 1.96. The van der Waals surface area contributed by atoms with E-state index in [0.29, 0.717) is 12.5 Å². The number of halogens is 4. The fraction of sp³-hybridized carbons (Fsp3) is 0.571. The van der Waals surface area contributed by atoms with Gasteiger partial charge in [-0.05, 0) is 30.2 Å². The van der Waals surface area contributed by atoms with Crippen molar-refractivity contribution in [3.8, 4) is 11.5 Å². The van der Waals surface area contributed by atoms with E-state index >= 15 is 0 Å². The molecule has 21 heavy (non-hydrogen) atoms. The Bertz CT molecular complexity index is 464. The Hall–Kier alpha value is -1.14. The molecule has 0 radical (unpaired) electrons. The predicted octanol–water partition coefficient (Wildman–Crippen LogP) is 4.04. The molecule has 0 aliphatic rings. The summed E-state index contributed by atoms with van der Waals surface area (Å²) in [6.45, 7) is 4.12. The summed E-state index contributed by atoms with van der Waals surface area (Å²) in [6.07, 6.45) is -4.42. The van der Waals surface area contributed by atoms with Crippen LogP contribution in [0.25, 0.3) is 0 Å². The van der Waals surface area contributed by atoms with Crippen molar-refractivity contribution in [2.75, 3.05) is 20.3 Å². The average Bonchev–Trinajstić information content (AvgIpc) is 2.35. The lowest BCUT2D eigenvalue weighted by molar-refractivity contribution is -0.153. The van der Waals surface area contributed by atoms with Gasteiger partial charge in [0.15, 0.2) is 18.1 Å². The molecule has 1 N–H and O–H groups in total. The molecule has 0 aromatic heterocycles. The molecule has 0 bridgehead atoms. The van der Waals surface area contributed by atoms with E-state index in [1.807, 2.05) is 0 Å². The molecule has 3 nitrogen and oxygen atoms in total. The van der Waals surface area contributed by atoms with Crippen LogP contribution in [0.1, 0.15) is 19.4 Å². The molecule has 0 aliphatic carbocycles. The van der Waals surface area contributed by atoms with Crippen LogP contribution in [0.5, 0.6) is 11.5 Å². The van der Waals surface area contributed by atoms with E-state index in [0.717, 1.165) is 12.1 Å². The maximum Gasteiger partial charge on any atom is 0.422 e. The molecular weight excluding hydrogens is 307 g/mol. The van der Waals surface area contributed by atoms with Crippen LogP contribution in [0.4, 0.5) is 13.2 Å². The van der Waals surface area contributed by atoms with Crippen molar-refractivity contribution >= 4 is 11.6 Å². The Morgan fingerprint density at radius 2 is 1.95 bits per heavy atom. The summed E-state index contributed by atoms with van der Waals surface area (Å²) in [6, 6.07) is 3.19. The number of nitrogens with one attached hydrogen (secondary N) is 1. The molecule has 120 valence electrons. The molecule has 0 atom stereocenters. The van der Waals surface area contributed by atoms with Gasteiger partial charge >= 0.3 is 6.18 Å². The molecule has 7 heteroatoms. The quantitative estimate of drug-likeness (QED) is 0.821. The zero-order valence-electron chi connectivity index (χ0n) is 12.2. The maximum absolute atomic E-state index is 12.2. The van der Waals surface area contributed by atoms with Gasteiger partial charge < -0.3 is 14.8 Å². The zero-order valence-corrected chi connectivity index (χ0v) is 12.9. The highest BCUT2D eigenvalue weighted by Gasteiger charge is 2.29. The molecule has 0 saturated carbocycles. The van der Waals surface area contributed by atoms with Crippen LogP contribution in [0.3, 0.4) is 0 Å². The number of hydrogen-bond acceptors (Lipinski definition) is 3. The second-order valence-electron chi connectivity index (χ2n) is 5.04. The molecule has 0 saturated heterocycles. The van der Waals surface area contributed by atoms with E-state index in [1.54, 1.807) is 12.1 Å². The van der Waals surface area contributed by atoms with Gasteiger partial charge in [-0.3, -0.25) is 0 Å². The number of alkyl halides is 3. The van der Waals surface area contributed by atoms with E-state index in [4.69, 9.17) is 21.1 Å². The highest BCUT2D eigenvalue weighted by Crippen LogP contribution is 2.37. The average molecular weight is 326 g/mol. The monoisotopic (exact) mass is 325 g/mol. The lowest BCUT2D eigenvalue weighted by Crippen LogP contribution is -2.20. The number of hydrogen-bond donors (Lipinski definition) is 1. The van der Waals surface area contributed by atoms with Crippen molar-refractivity contribution in [1.82, 2.24) is 5.32 Å². The van der Waals surface area contributed by atoms with Crippen molar-refractivity contribution in [3.63, 3.8) is 0 Å². The smallest absolute Gasteiger partial charge is 0.422 e. The standard InChI is InChI=1S/C14H19ClF3NO2/c1-9(2)6-19-7-10-4-11(15)13(12(5-10)20-3)21-8-14(16,17)18/h4-5,9,19H,6-8H2,1-3H3. The Balaban J connectivity index is 2.81. The third-order valence-electron chi connectivity index (χ3n) is 2.55. The molecule has 1 rings (SSSR count). The predicted molar refractivity (Wildman–Crippen MR) is 76.1 cm³/mol. The van der Waals surface area contributed by atoms with Crippen LogP contribution in [-0.4, -0.2) is 26.4 Å². The molecule has 0 unspecified atom stereocenters. The van der Waals surface area contributed by atoms with Crippen molar-refractivity contribution < 1.29 is 22.6 Å². The van der Waals surface area contributed by atoms with Crippen LogP contribution in [0, 0.1) is 5.92 Å². The third kappa shape index (κ3) is 6.44. The summed E-state index contributed by atoms with van der Waals surface area (Å²) < 4.78 is 46.4. The lowest BCUT2D eigenvalue weighted by atomic mass is 10.1. The van der Waals surface area contributed by atoms with Crippen LogP contribution < -0.4 is 14.8 Å². The first-order valence-electron chi connectivity index (χ1n) is 6.49. The number of ether oxygens (including phenoxy) is 2. The highest BCUT2D eigenvalue weighted by atomic mass is 35.5. The van der Waals surface area contributed by atoms with E-state index < -0.39 is 12.8 Å². The molecule has 0 amide bonds. The molecule has 0 aliphatic heterocycles. The van der Waals surface area contributed by atoms with E-state index in [9.17, 15) is 13.2 Å². The minimum absolute atomic E-state index is 0.0934. The van der Waals surface area contributed by atoms with Gasteiger partial charge in [-0.25, -0.2) is 0 Å². The van der Waals surface area contributed by atoms with Gasteiger partial charge in [-0.1, -0.05) is 25.4 Å². The van der Waals surface area contributed by atoms with Crippen LogP contribution in [0.2, 0.25) is 5.02 Å². The first-order valence-corrected chi connectivity index (χ1v) is 6.87. The first kappa shape index (κ1) is 17.9. The van der Waals surface area contributed by atoms with Gasteiger partial charge in [0.05, 0.1) is 12.1 Å². The number of rotatable bonds is 7. The van der Waals surface area contributed by atoms with E-state index in [-0.39, 0.29) is 16.5 Å². The van der Waals surface area contributed by atoms with Crippen molar-refractivity contribution in [2.45, 2.75) is 26.6 Å². The van der Waals surface area contributed by atoms with Gasteiger partial charge in [0.1, 0.15) is 0 Å². The SMILES string of the molecule is COc1cc(CNCC(C)C)cc(Cl)c1OCC(F)(F)F. The molecule has 0 heterocycles. The van der Waals surface area contributed by atoms with E-state index in [2.05, 4.69) is 19.2 Å². The second kappa shape index (κ2) is 7.75. The zero-order chi connectivity index (χ0) is 16.0. The van der Waals surface area contributed by atoms with Gasteiger partial charge in [0.2, 0.25) is 0 Å². The van der Waals surface area contributed by atoms with Crippen molar-refractivity contribution in [2.24, 2.45) is 5.92 Å². The van der Waals surface area contributed by atoms with Gasteiger partial charge in [0.25, 0.3) is 0 Å². The summed E-state index contributed by atoms with van der Waals surface area (Å²) in [5.41, 5.74) is 0.817. The normalized spacial score (nSPS) is 11.8. The topological polar surface area (TPSA) is 30.5 Å². The molecule has 0 spiro atoms. The highest BCUT2D eigenvalue weighted by molar-refractivity contribution is 6.32. The fourth-order valence-electron chi connectivity index (χ4n) is 1.67. The van der Waals surface area contributed by atoms with Gasteiger partial charge in [0, 0.05) is 6.54 Å². The van der Waals surface area contributed by atoms with Crippen LogP contribution in [-0.2, 0) is 6.54 Å². The summed E-state index contributed by atoms with van der Waals surface area (Å²) >= 11 is 5.98. The van der Waals surface area contributed by atoms with E-state index in [1.165, 1.54) is 7.11 Å². The largest absolute Gasteiger partial charge is 0.493 e. The van der Waals surface area contributed by atoms with Gasteiger partial charge in [-0.2, -0.15) is 13.2 Å². The van der Waals surface area contributed by atoms with Crippen LogP contribution in [0.15, 0.2) is 12.1 Å². The maximum atomic E-state index is 12.2. The molecular formula is C14H19ClF3NO2. The Kier molecular flexibility index (Phi) is 6.61. The van der Waals surface area contributed by atoms with Crippen molar-refractivity contribution in [3.05, 3.63) is 22.7 Å². The Morgan fingerprint density at radius 1 is 1.29 bits per heavy atom. The molecule has 1 aromatic rings. The summed E-state index contributed by atoms with van der Waals surface area (Å²) in [5, 5.41) is 3.32. The number of benzene rings is 1. The summed E-state index contributed by atoms with van der Waals surface area (Å²) in [4.78, 5) is 0. The Morgan fingerprint density at radius 3 is 2.48 bits per heavy atom.